The van der Waals surface area contributed by atoms with Gasteiger partial charge < -0.3 is 14.6 Å². The van der Waals surface area contributed by atoms with Gasteiger partial charge in [0.2, 0.25) is 0 Å². The second-order valence-electron chi connectivity index (χ2n) is 7.59. The van der Waals surface area contributed by atoms with Crippen molar-refractivity contribution in [1.82, 2.24) is 9.78 Å². The first-order chi connectivity index (χ1) is 13.5. The van der Waals surface area contributed by atoms with Gasteiger partial charge in [-0.25, -0.2) is 4.79 Å². The number of nitrogens with zero attached hydrogens (tertiary/aromatic N) is 3. The number of rotatable bonds is 6. The van der Waals surface area contributed by atoms with Crippen LogP contribution in [0, 0.1) is 5.92 Å². The molecule has 1 aliphatic heterocycles. The van der Waals surface area contributed by atoms with E-state index in [9.17, 15) is 4.79 Å². The summed E-state index contributed by atoms with van der Waals surface area (Å²) in [4.78, 5) is 14.1. The van der Waals surface area contributed by atoms with Crippen molar-refractivity contribution < 1.29 is 19.4 Å². The normalized spacial score (nSPS) is 16.2. The number of ether oxygens (including phenoxy) is 2. The summed E-state index contributed by atoms with van der Waals surface area (Å²) in [6, 6.07) is 4.00. The molecule has 0 fully saturated rings. The van der Waals surface area contributed by atoms with Gasteiger partial charge in [0.05, 0.1) is 38.8 Å². The summed E-state index contributed by atoms with van der Waals surface area (Å²) in [7, 11) is 1.41. The molecule has 28 heavy (non-hydrogen) atoms. The highest BCUT2D eigenvalue weighted by Crippen LogP contribution is 2.43. The van der Waals surface area contributed by atoms with E-state index in [1.54, 1.807) is 15.8 Å². The molecule has 0 radical (unpaired) electrons. The van der Waals surface area contributed by atoms with Crippen LogP contribution in [-0.4, -0.2) is 47.3 Å². The van der Waals surface area contributed by atoms with Gasteiger partial charge in [-0.05, 0) is 37.8 Å². The first-order valence-electron chi connectivity index (χ1n) is 9.75. The van der Waals surface area contributed by atoms with E-state index in [0.29, 0.717) is 19.1 Å². The Morgan fingerprint density at radius 2 is 2.18 bits per heavy atom. The zero-order chi connectivity index (χ0) is 20.3. The number of benzene rings is 1. The lowest BCUT2D eigenvalue weighted by Crippen LogP contribution is -2.42. The van der Waals surface area contributed by atoms with Crippen LogP contribution >= 0.6 is 0 Å². The van der Waals surface area contributed by atoms with Crippen LogP contribution < -0.4 is 9.64 Å². The summed E-state index contributed by atoms with van der Waals surface area (Å²) >= 11 is 0. The number of hydrogen-bond acceptors (Lipinski definition) is 5. The lowest BCUT2D eigenvalue weighted by molar-refractivity contribution is 0.175. The second-order valence-corrected chi connectivity index (χ2v) is 7.59. The summed E-state index contributed by atoms with van der Waals surface area (Å²) in [5, 5.41) is 13.5. The molecule has 1 amide bonds. The fourth-order valence-electron chi connectivity index (χ4n) is 3.55. The number of aliphatic hydroxyl groups excluding tert-OH is 1. The van der Waals surface area contributed by atoms with Crippen molar-refractivity contribution in [2.75, 3.05) is 25.2 Å². The maximum atomic E-state index is 12.4. The molecule has 1 unspecified atom stereocenters. The van der Waals surface area contributed by atoms with Gasteiger partial charge in [-0.2, -0.15) is 5.10 Å². The molecule has 0 bridgehead atoms. The Balaban J connectivity index is 2.09. The average Bonchev–Trinajstić information content (AvgIpc) is 3.13. The van der Waals surface area contributed by atoms with Crippen molar-refractivity contribution in [2.45, 2.75) is 46.2 Å². The molecule has 3 rings (SSSR count). The number of carbonyl (C=O) groups is 1. The third-order valence-corrected chi connectivity index (χ3v) is 4.95. The van der Waals surface area contributed by atoms with Crippen LogP contribution in [0.4, 0.5) is 10.5 Å². The van der Waals surface area contributed by atoms with E-state index in [0.717, 1.165) is 41.0 Å². The molecule has 7 heteroatoms. The van der Waals surface area contributed by atoms with E-state index >= 15 is 0 Å². The minimum Gasteiger partial charge on any atom is -0.492 e. The zero-order valence-corrected chi connectivity index (χ0v) is 17.0. The van der Waals surface area contributed by atoms with Crippen LogP contribution in [0.1, 0.15) is 32.8 Å². The molecule has 0 saturated heterocycles. The quantitative estimate of drug-likeness (QED) is 0.821. The molecule has 0 spiro atoms. The molecule has 2 aromatic rings. The van der Waals surface area contributed by atoms with Crippen LogP contribution in [0.15, 0.2) is 24.5 Å². The van der Waals surface area contributed by atoms with E-state index in [4.69, 9.17) is 14.6 Å². The first kappa shape index (κ1) is 20.2. The molecule has 7 nitrogen and oxygen atoms in total. The molecule has 0 saturated carbocycles. The maximum Gasteiger partial charge on any atom is 0.414 e. The molecular weight excluding hydrogens is 358 g/mol. The molecule has 0 aliphatic carbocycles. The Kier molecular flexibility index (Phi) is 6.24. The van der Waals surface area contributed by atoms with Gasteiger partial charge in [-0.3, -0.25) is 9.58 Å². The minimum absolute atomic E-state index is 0.0357. The van der Waals surface area contributed by atoms with Crippen LogP contribution in [0.2, 0.25) is 0 Å². The lowest BCUT2D eigenvalue weighted by atomic mass is 9.92. The van der Waals surface area contributed by atoms with Crippen LogP contribution in [0.5, 0.6) is 5.75 Å². The van der Waals surface area contributed by atoms with E-state index in [1.165, 1.54) is 7.11 Å². The van der Waals surface area contributed by atoms with Gasteiger partial charge >= 0.3 is 6.09 Å². The molecule has 1 aliphatic rings. The average molecular weight is 387 g/mol. The summed E-state index contributed by atoms with van der Waals surface area (Å²) in [6.07, 6.45) is 5.00. The van der Waals surface area contributed by atoms with Crippen LogP contribution in [0.25, 0.3) is 11.1 Å². The van der Waals surface area contributed by atoms with Crippen molar-refractivity contribution in [3.8, 4) is 16.9 Å². The molecule has 2 heterocycles. The monoisotopic (exact) mass is 387 g/mol. The Bertz CT molecular complexity index is 831. The molecular formula is C21H29N3O4. The van der Waals surface area contributed by atoms with E-state index < -0.39 is 0 Å². The molecule has 152 valence electrons. The van der Waals surface area contributed by atoms with E-state index in [1.807, 2.05) is 25.3 Å². The number of hydrogen-bond donors (Lipinski definition) is 1. The molecule has 1 aromatic carbocycles. The van der Waals surface area contributed by atoms with Crippen molar-refractivity contribution in [2.24, 2.45) is 5.92 Å². The van der Waals surface area contributed by atoms with Gasteiger partial charge in [0, 0.05) is 28.9 Å². The first-order valence-corrected chi connectivity index (χ1v) is 9.75. The van der Waals surface area contributed by atoms with E-state index in [-0.39, 0.29) is 18.7 Å². The van der Waals surface area contributed by atoms with E-state index in [2.05, 4.69) is 18.9 Å². The standard InChI is InChI=1S/C21H29N3O4/c1-14(2)13-28-20-17(16-11-22-23(12-16)9-10-25)7-8-19-18(20)6-5-15(3)24(19)21(26)27-4/h7-8,11-12,14-15,25H,5-6,9-10,13H2,1-4H3. The Morgan fingerprint density at radius 1 is 1.39 bits per heavy atom. The number of aromatic nitrogens is 2. The largest absolute Gasteiger partial charge is 0.492 e. The zero-order valence-electron chi connectivity index (χ0n) is 17.0. The SMILES string of the molecule is COC(=O)N1c2ccc(-c3cnn(CCO)c3)c(OCC(C)C)c2CCC1C. The molecule has 1 N–H and O–H groups in total. The van der Waals surface area contributed by atoms with Crippen LogP contribution in [0.3, 0.4) is 0 Å². The maximum absolute atomic E-state index is 12.4. The number of aliphatic hydroxyl groups is 1. The lowest BCUT2D eigenvalue weighted by Gasteiger charge is -2.35. The van der Waals surface area contributed by atoms with Gasteiger partial charge in [0.15, 0.2) is 0 Å². The predicted octanol–water partition coefficient (Wildman–Crippen LogP) is 3.48. The fourth-order valence-corrected chi connectivity index (χ4v) is 3.55. The highest BCUT2D eigenvalue weighted by molar-refractivity contribution is 5.92. The Morgan fingerprint density at radius 3 is 2.86 bits per heavy atom. The smallest absolute Gasteiger partial charge is 0.414 e. The third-order valence-electron chi connectivity index (χ3n) is 4.95. The predicted molar refractivity (Wildman–Crippen MR) is 108 cm³/mol. The van der Waals surface area contributed by atoms with Gasteiger partial charge in [-0.15, -0.1) is 0 Å². The van der Waals surface area contributed by atoms with Gasteiger partial charge in [-0.1, -0.05) is 13.8 Å². The summed E-state index contributed by atoms with van der Waals surface area (Å²) in [5.74, 6) is 1.18. The van der Waals surface area contributed by atoms with Gasteiger partial charge in [0.1, 0.15) is 5.75 Å². The highest BCUT2D eigenvalue weighted by atomic mass is 16.5. The topological polar surface area (TPSA) is 76.8 Å². The fraction of sp³-hybridized carbons (Fsp3) is 0.524. The van der Waals surface area contributed by atoms with Gasteiger partial charge in [0.25, 0.3) is 0 Å². The Hall–Kier alpha value is -2.54. The second kappa shape index (κ2) is 8.65. The van der Waals surface area contributed by atoms with Crippen molar-refractivity contribution in [1.29, 1.82) is 0 Å². The third kappa shape index (κ3) is 3.99. The molecule has 1 aromatic heterocycles. The number of fused-ring (bicyclic) bond motifs is 1. The minimum atomic E-state index is -0.355. The van der Waals surface area contributed by atoms with Crippen molar-refractivity contribution >= 4 is 11.8 Å². The van der Waals surface area contributed by atoms with Crippen molar-refractivity contribution in [3.05, 3.63) is 30.1 Å². The summed E-state index contributed by atoms with van der Waals surface area (Å²) < 4.78 is 13.0. The summed E-state index contributed by atoms with van der Waals surface area (Å²) in [6.45, 7) is 7.31. The number of carbonyl (C=O) groups excluding carboxylic acids is 1. The molecule has 1 atom stereocenters. The van der Waals surface area contributed by atoms with Crippen LogP contribution in [-0.2, 0) is 17.7 Å². The number of anilines is 1. The highest BCUT2D eigenvalue weighted by Gasteiger charge is 2.32. The summed E-state index contributed by atoms with van der Waals surface area (Å²) in [5.41, 5.74) is 3.74. The van der Waals surface area contributed by atoms with Crippen molar-refractivity contribution in [3.63, 3.8) is 0 Å². The number of methoxy groups -OCH3 is 1. The Labute approximate surface area is 165 Å². The number of amides is 1.